The molecule has 312 valence electrons. The Bertz CT molecular complexity index is 2620. The van der Waals surface area contributed by atoms with E-state index in [1.54, 1.807) is 23.4 Å². The van der Waals surface area contributed by atoms with Crippen LogP contribution in [0.15, 0.2) is 85.1 Å². The second-order valence-corrected chi connectivity index (χ2v) is 14.7. The second kappa shape index (κ2) is 15.7. The molecule has 0 unspecified atom stereocenters. The summed E-state index contributed by atoms with van der Waals surface area (Å²) in [6, 6.07) is 17.2. The lowest BCUT2D eigenvalue weighted by molar-refractivity contribution is -0.143. The molecule has 9 nitrogen and oxygen atoms in total. The first-order valence-electron chi connectivity index (χ1n) is 18.8. The van der Waals surface area contributed by atoms with Crippen molar-refractivity contribution in [2.24, 2.45) is 0 Å². The van der Waals surface area contributed by atoms with Crippen LogP contribution in [0.25, 0.3) is 27.8 Å². The summed E-state index contributed by atoms with van der Waals surface area (Å²) in [5, 5.41) is 5.38. The normalized spacial score (nSPS) is 14.1. The van der Waals surface area contributed by atoms with Gasteiger partial charge in [-0.15, -0.1) is 0 Å². The number of halogens is 7. The van der Waals surface area contributed by atoms with Crippen molar-refractivity contribution < 1.29 is 54.6 Å². The van der Waals surface area contributed by atoms with Crippen molar-refractivity contribution in [2.75, 3.05) is 6.79 Å². The van der Waals surface area contributed by atoms with Gasteiger partial charge in [0.2, 0.25) is 6.79 Å². The number of esters is 1. The number of nitrogens with zero attached hydrogens (tertiary/aromatic N) is 4. The van der Waals surface area contributed by atoms with E-state index in [0.29, 0.717) is 53.3 Å². The van der Waals surface area contributed by atoms with Crippen LogP contribution in [0.1, 0.15) is 87.5 Å². The molecule has 0 spiro atoms. The highest BCUT2D eigenvalue weighted by molar-refractivity contribution is 6.00. The third kappa shape index (κ3) is 7.55. The summed E-state index contributed by atoms with van der Waals surface area (Å²) < 4.78 is 112. The Labute approximate surface area is 338 Å². The summed E-state index contributed by atoms with van der Waals surface area (Å²) in [5.41, 5.74) is 0.633. The summed E-state index contributed by atoms with van der Waals surface area (Å²) in [5.74, 6) is -1.63. The molecule has 1 aliphatic heterocycles. The van der Waals surface area contributed by atoms with E-state index in [1.165, 1.54) is 42.6 Å². The van der Waals surface area contributed by atoms with Gasteiger partial charge in [-0.05, 0) is 85.8 Å². The van der Waals surface area contributed by atoms with Gasteiger partial charge in [0.05, 0.1) is 44.8 Å². The largest absolute Gasteiger partial charge is 0.424 e. The van der Waals surface area contributed by atoms with Crippen LogP contribution >= 0.6 is 0 Å². The number of rotatable bonds is 10. The van der Waals surface area contributed by atoms with Gasteiger partial charge in [0.15, 0.2) is 0 Å². The molecular weight excluding hydrogens is 797 g/mol. The molecule has 0 atom stereocenters. The van der Waals surface area contributed by atoms with E-state index in [-0.39, 0.29) is 41.2 Å². The smallest absolute Gasteiger partial charge is 0.421 e. The van der Waals surface area contributed by atoms with Crippen LogP contribution in [-0.2, 0) is 53.3 Å². The Balaban J connectivity index is 1.30. The average Bonchev–Trinajstić information content (AvgIpc) is 3.89. The van der Waals surface area contributed by atoms with Crippen molar-refractivity contribution in [1.82, 2.24) is 19.2 Å². The highest BCUT2D eigenvalue weighted by Crippen LogP contribution is 2.48. The fourth-order valence-electron chi connectivity index (χ4n) is 7.73. The number of alkyl halides is 6. The molecule has 0 N–H and O–H groups in total. The fraction of sp³-hybridized carbons (Fsp3) is 0.273. The Morgan fingerprint density at radius 1 is 0.850 bits per heavy atom. The van der Waals surface area contributed by atoms with Crippen molar-refractivity contribution in [3.8, 4) is 16.9 Å². The molecule has 4 aromatic carbocycles. The van der Waals surface area contributed by atoms with Gasteiger partial charge in [-0.1, -0.05) is 50.2 Å². The number of aromatic nitrogens is 3. The van der Waals surface area contributed by atoms with Crippen LogP contribution in [0.5, 0.6) is 0 Å². The summed E-state index contributed by atoms with van der Waals surface area (Å²) in [6.07, 6.45) is -8.03. The van der Waals surface area contributed by atoms with Gasteiger partial charge in [0.25, 0.3) is 0 Å². The van der Waals surface area contributed by atoms with Crippen molar-refractivity contribution >= 4 is 29.3 Å². The molecular formula is C44H37F7N4O5. The Hall–Kier alpha value is -6.29. The monoisotopic (exact) mass is 834 g/mol. The van der Waals surface area contributed by atoms with Crippen LogP contribution in [0.2, 0.25) is 0 Å². The molecule has 0 aliphatic carbocycles. The molecule has 0 bridgehead atoms. The van der Waals surface area contributed by atoms with E-state index in [0.717, 1.165) is 33.5 Å². The second-order valence-electron chi connectivity index (χ2n) is 14.7. The number of ether oxygens (including phenoxy) is 2. The summed E-state index contributed by atoms with van der Waals surface area (Å²) in [7, 11) is 0. The number of benzene rings is 4. The number of aryl methyl sites for hydroxylation is 2. The van der Waals surface area contributed by atoms with Gasteiger partial charge in [0.1, 0.15) is 12.1 Å². The van der Waals surface area contributed by atoms with E-state index in [4.69, 9.17) is 14.6 Å². The lowest BCUT2D eigenvalue weighted by atomic mass is 9.96. The lowest BCUT2D eigenvalue weighted by Crippen LogP contribution is -2.36. The fourth-order valence-corrected chi connectivity index (χ4v) is 7.73. The number of aldehydes is 1. The quantitative estimate of drug-likeness (QED) is 0.0587. The third-order valence-electron chi connectivity index (χ3n) is 10.9. The topological polar surface area (TPSA) is 95.7 Å². The van der Waals surface area contributed by atoms with Crippen LogP contribution in [-0.4, -0.2) is 44.4 Å². The molecule has 6 aromatic rings. The first-order chi connectivity index (χ1) is 28.4. The summed E-state index contributed by atoms with van der Waals surface area (Å²) in [4.78, 5) is 38.5. The number of hydrogen-bond acceptors (Lipinski definition) is 7. The Kier molecular flexibility index (Phi) is 11.0. The molecule has 0 saturated carbocycles. The maximum Gasteiger partial charge on any atom is 0.421 e. The van der Waals surface area contributed by atoms with Gasteiger partial charge in [-0.2, -0.15) is 31.4 Å². The number of para-hydroxylation sites is 1. The maximum atomic E-state index is 15.9. The standard InChI is InChI=1S/C44H37F7N4O5/c1-5-26-8-7-9-27(6-2)36(26)55-37(33-22-53(42(3,4)39(33)52-55)21-29-14-15-30(43(46,47)48)20-34(29)44(49,50)51)31-16-17-35(45)38-32(31)18-19-54(38)41(58)60-24-59-40(57)28-12-10-25(23-56)11-13-28/h7-20,23H,5-6,21-22,24H2,1-4H3. The van der Waals surface area contributed by atoms with Crippen LogP contribution in [0.3, 0.4) is 0 Å². The zero-order valence-corrected chi connectivity index (χ0v) is 32.7. The summed E-state index contributed by atoms with van der Waals surface area (Å²) >= 11 is 0. The predicted octanol–water partition coefficient (Wildman–Crippen LogP) is 10.7. The molecule has 0 amide bonds. The number of carbonyl (C=O) groups excluding carboxylic acids is 3. The van der Waals surface area contributed by atoms with E-state index in [2.05, 4.69) is 0 Å². The van der Waals surface area contributed by atoms with Crippen molar-refractivity contribution in [3.63, 3.8) is 0 Å². The first kappa shape index (κ1) is 41.9. The van der Waals surface area contributed by atoms with E-state index in [9.17, 15) is 40.7 Å². The minimum Gasteiger partial charge on any atom is -0.424 e. The van der Waals surface area contributed by atoms with Gasteiger partial charge in [0, 0.05) is 41.4 Å². The van der Waals surface area contributed by atoms with Gasteiger partial charge in [-0.3, -0.25) is 9.69 Å². The van der Waals surface area contributed by atoms with Crippen molar-refractivity contribution in [1.29, 1.82) is 0 Å². The molecule has 3 heterocycles. The van der Waals surface area contributed by atoms with Crippen LogP contribution in [0, 0.1) is 5.82 Å². The molecule has 0 fully saturated rings. The van der Waals surface area contributed by atoms with Crippen LogP contribution < -0.4 is 0 Å². The van der Waals surface area contributed by atoms with E-state index in [1.807, 2.05) is 32.0 Å². The number of carbonyl (C=O) groups is 3. The average molecular weight is 835 g/mol. The molecule has 7 rings (SSSR count). The minimum absolute atomic E-state index is 0.0105. The zero-order chi connectivity index (χ0) is 43.3. The lowest BCUT2D eigenvalue weighted by Gasteiger charge is -2.33. The van der Waals surface area contributed by atoms with Crippen molar-refractivity contribution in [3.05, 3.63) is 141 Å². The van der Waals surface area contributed by atoms with Gasteiger partial charge in [-0.25, -0.2) is 23.2 Å². The first-order valence-corrected chi connectivity index (χ1v) is 18.8. The predicted molar refractivity (Wildman–Crippen MR) is 206 cm³/mol. The highest BCUT2D eigenvalue weighted by Gasteiger charge is 2.45. The molecule has 2 aromatic heterocycles. The SMILES string of the molecule is CCc1cccc(CC)c1-n1nc2c(c1-c1ccc(F)c3c1ccn3C(=O)OCOC(=O)c1ccc(C=O)cc1)CN(Cc1ccc(C(F)(F)F)cc1C(F)(F)F)C2(C)C. The highest BCUT2D eigenvalue weighted by atomic mass is 19.4. The molecule has 0 saturated heterocycles. The number of fused-ring (bicyclic) bond motifs is 2. The van der Waals surface area contributed by atoms with E-state index < -0.39 is 53.7 Å². The Morgan fingerprint density at radius 3 is 2.15 bits per heavy atom. The number of hydrogen-bond donors (Lipinski definition) is 0. The molecule has 0 radical (unpaired) electrons. The molecule has 1 aliphatic rings. The van der Waals surface area contributed by atoms with Gasteiger partial charge < -0.3 is 9.47 Å². The summed E-state index contributed by atoms with van der Waals surface area (Å²) in [6.45, 7) is 6.31. The maximum absolute atomic E-state index is 15.9. The molecule has 16 heteroatoms. The third-order valence-corrected chi connectivity index (χ3v) is 10.9. The molecule has 60 heavy (non-hydrogen) atoms. The Morgan fingerprint density at radius 2 is 1.53 bits per heavy atom. The van der Waals surface area contributed by atoms with E-state index >= 15 is 4.39 Å². The van der Waals surface area contributed by atoms with Crippen molar-refractivity contribution in [2.45, 2.75) is 71.5 Å². The zero-order valence-electron chi connectivity index (χ0n) is 32.7. The minimum atomic E-state index is -5.07. The van der Waals surface area contributed by atoms with Gasteiger partial charge >= 0.3 is 24.4 Å². The van der Waals surface area contributed by atoms with Crippen LogP contribution in [0.4, 0.5) is 35.5 Å².